The van der Waals surface area contributed by atoms with E-state index in [1.807, 2.05) is 27.7 Å². The molecule has 2 heterocycles. The van der Waals surface area contributed by atoms with Crippen LogP contribution in [0.5, 0.6) is 11.5 Å². The van der Waals surface area contributed by atoms with Gasteiger partial charge in [0.15, 0.2) is 6.61 Å². The predicted octanol–water partition coefficient (Wildman–Crippen LogP) is 4.36. The molecule has 2 aliphatic heterocycles. The maximum absolute atomic E-state index is 13.4. The number of benzene rings is 1. The van der Waals surface area contributed by atoms with Crippen molar-refractivity contribution in [2.45, 2.75) is 103 Å². The molecule has 2 N–H and O–H groups in total. The van der Waals surface area contributed by atoms with Gasteiger partial charge in [-0.2, -0.15) is 0 Å². The van der Waals surface area contributed by atoms with Crippen molar-refractivity contribution in [1.29, 1.82) is 0 Å². The van der Waals surface area contributed by atoms with Crippen molar-refractivity contribution in [3.8, 4) is 11.5 Å². The summed E-state index contributed by atoms with van der Waals surface area (Å²) in [5.74, 6) is 0.0616. The summed E-state index contributed by atoms with van der Waals surface area (Å²) in [5.41, 5.74) is -1.31. The molecule has 0 aromatic heterocycles. The van der Waals surface area contributed by atoms with Crippen molar-refractivity contribution in [3.05, 3.63) is 23.8 Å². The molecule has 0 saturated carbocycles. The van der Waals surface area contributed by atoms with Gasteiger partial charge in [-0.3, -0.25) is 14.6 Å². The van der Waals surface area contributed by atoms with Crippen molar-refractivity contribution in [1.82, 2.24) is 15.1 Å². The lowest BCUT2D eigenvalue weighted by atomic mass is 9.69. The van der Waals surface area contributed by atoms with Gasteiger partial charge in [0.05, 0.1) is 0 Å². The van der Waals surface area contributed by atoms with Crippen LogP contribution in [0.25, 0.3) is 0 Å². The predicted molar refractivity (Wildman–Crippen MR) is 145 cm³/mol. The van der Waals surface area contributed by atoms with Gasteiger partial charge in [-0.05, 0) is 70.6 Å². The fraction of sp³-hybridized carbons (Fsp3) is 0.690. The summed E-state index contributed by atoms with van der Waals surface area (Å²) < 4.78 is 11.1. The van der Waals surface area contributed by atoms with Crippen LogP contribution in [0.4, 0.5) is 4.79 Å². The number of hydrogen-bond acceptors (Lipinski definition) is 7. The average Bonchev–Trinajstić information content (AvgIpc) is 2.99. The van der Waals surface area contributed by atoms with Gasteiger partial charge >= 0.3 is 12.0 Å². The Kier molecular flexibility index (Phi) is 8.41. The van der Waals surface area contributed by atoms with E-state index in [1.165, 1.54) is 4.90 Å². The van der Waals surface area contributed by atoms with Crippen LogP contribution in [-0.2, 0) is 19.7 Å². The number of imide groups is 1. The standard InChI is InChI=1S/C29H45N3O6/c1-9-10-13-31-24(35)29(30-25(31)36)18-27(5,6)32(28(7,8)19-29)14-15-37-23(34)17-38-20-11-12-22(33)21(16-20)26(2,3)4/h11-12,16,33H,9-10,13-15,17-19H2,1-8H3,(H,30,36). The van der Waals surface area contributed by atoms with Gasteiger partial charge in [0, 0.05) is 29.7 Å². The molecule has 0 atom stereocenters. The molecule has 2 fully saturated rings. The first-order chi connectivity index (χ1) is 17.5. The molecular weight excluding hydrogens is 486 g/mol. The van der Waals surface area contributed by atoms with Crippen molar-refractivity contribution < 1.29 is 29.0 Å². The summed E-state index contributed by atoms with van der Waals surface area (Å²) in [5, 5.41) is 13.1. The average molecular weight is 532 g/mol. The number of urea groups is 1. The molecule has 1 aromatic rings. The number of piperidine rings is 1. The third-order valence-corrected chi connectivity index (χ3v) is 7.62. The largest absolute Gasteiger partial charge is 0.508 e. The Morgan fingerprint density at radius 3 is 2.29 bits per heavy atom. The Hall–Kier alpha value is -2.81. The maximum Gasteiger partial charge on any atom is 0.344 e. The minimum Gasteiger partial charge on any atom is -0.508 e. The number of aromatic hydroxyl groups is 1. The molecule has 3 amide bonds. The van der Waals surface area contributed by atoms with Crippen LogP contribution in [0, 0.1) is 0 Å². The third-order valence-electron chi connectivity index (χ3n) is 7.62. The Morgan fingerprint density at radius 2 is 1.71 bits per heavy atom. The Morgan fingerprint density at radius 1 is 1.08 bits per heavy atom. The zero-order valence-corrected chi connectivity index (χ0v) is 24.3. The van der Waals surface area contributed by atoms with E-state index in [9.17, 15) is 19.5 Å². The van der Waals surface area contributed by atoms with Gasteiger partial charge in [0.1, 0.15) is 23.6 Å². The summed E-state index contributed by atoms with van der Waals surface area (Å²) in [4.78, 5) is 42.1. The van der Waals surface area contributed by atoms with Gasteiger partial charge in [0.25, 0.3) is 5.91 Å². The SMILES string of the molecule is CCCCN1C(=O)NC2(CC(C)(C)N(CCOC(=O)COc3ccc(O)c(C(C)(C)C)c3)C(C)(C)C2)C1=O. The molecule has 9 heteroatoms. The summed E-state index contributed by atoms with van der Waals surface area (Å²) in [6, 6.07) is 4.62. The van der Waals surface area contributed by atoms with Gasteiger partial charge in [-0.1, -0.05) is 34.1 Å². The number of nitrogens with zero attached hydrogens (tertiary/aromatic N) is 2. The van der Waals surface area contributed by atoms with Gasteiger partial charge in [0.2, 0.25) is 0 Å². The quantitative estimate of drug-likeness (QED) is 0.360. The lowest BCUT2D eigenvalue weighted by Gasteiger charge is -2.57. The molecule has 0 unspecified atom stereocenters. The molecule has 212 valence electrons. The number of amides is 3. The number of ether oxygens (including phenoxy) is 2. The normalized spacial score (nSPS) is 20.5. The number of nitrogens with one attached hydrogen (secondary N) is 1. The first-order valence-corrected chi connectivity index (χ1v) is 13.6. The highest BCUT2D eigenvalue weighted by Crippen LogP contribution is 2.45. The van der Waals surface area contributed by atoms with E-state index in [0.29, 0.717) is 31.7 Å². The molecule has 3 rings (SSSR count). The second-order valence-corrected chi connectivity index (χ2v) is 12.9. The minimum atomic E-state index is -0.922. The summed E-state index contributed by atoms with van der Waals surface area (Å²) >= 11 is 0. The van der Waals surface area contributed by atoms with E-state index >= 15 is 0 Å². The lowest BCUT2D eigenvalue weighted by molar-refractivity contribution is -0.150. The van der Waals surface area contributed by atoms with Crippen molar-refractivity contribution >= 4 is 17.9 Å². The van der Waals surface area contributed by atoms with E-state index < -0.39 is 22.6 Å². The number of carbonyl (C=O) groups excluding carboxylic acids is 3. The van der Waals surface area contributed by atoms with Crippen LogP contribution in [0.15, 0.2) is 18.2 Å². The number of carbonyl (C=O) groups is 3. The number of unbranched alkanes of at least 4 members (excludes halogenated alkanes) is 1. The smallest absolute Gasteiger partial charge is 0.344 e. The molecule has 0 radical (unpaired) electrons. The van der Waals surface area contributed by atoms with Crippen LogP contribution in [0.1, 0.15) is 86.6 Å². The molecular formula is C29H45N3O6. The zero-order valence-electron chi connectivity index (χ0n) is 24.3. The van der Waals surface area contributed by atoms with Crippen LogP contribution in [-0.4, -0.2) is 75.7 Å². The molecule has 1 spiro atoms. The monoisotopic (exact) mass is 531 g/mol. The number of esters is 1. The van der Waals surface area contributed by atoms with E-state index in [0.717, 1.165) is 18.4 Å². The van der Waals surface area contributed by atoms with E-state index in [4.69, 9.17) is 9.47 Å². The van der Waals surface area contributed by atoms with E-state index in [2.05, 4.69) is 37.9 Å². The molecule has 0 bridgehead atoms. The van der Waals surface area contributed by atoms with Crippen molar-refractivity contribution in [2.75, 3.05) is 26.3 Å². The second-order valence-electron chi connectivity index (χ2n) is 12.9. The zero-order chi connectivity index (χ0) is 28.5. The Bertz CT molecular complexity index is 1040. The molecule has 38 heavy (non-hydrogen) atoms. The Labute approximate surface area is 226 Å². The van der Waals surface area contributed by atoms with Gasteiger partial charge in [-0.25, -0.2) is 9.59 Å². The number of likely N-dealkylation sites (tertiary alicyclic amines) is 1. The van der Waals surface area contributed by atoms with Crippen molar-refractivity contribution in [2.24, 2.45) is 0 Å². The Balaban J connectivity index is 1.58. The summed E-state index contributed by atoms with van der Waals surface area (Å²) in [7, 11) is 0. The number of hydrogen-bond donors (Lipinski definition) is 2. The molecule has 1 aromatic carbocycles. The molecule has 9 nitrogen and oxygen atoms in total. The highest BCUT2D eigenvalue weighted by atomic mass is 16.6. The van der Waals surface area contributed by atoms with E-state index in [1.54, 1.807) is 18.2 Å². The van der Waals surface area contributed by atoms with E-state index in [-0.39, 0.29) is 36.3 Å². The third kappa shape index (κ3) is 6.25. The van der Waals surface area contributed by atoms with Crippen LogP contribution < -0.4 is 10.1 Å². The van der Waals surface area contributed by atoms with Crippen LogP contribution in [0.3, 0.4) is 0 Å². The molecule has 2 saturated heterocycles. The van der Waals surface area contributed by atoms with Crippen LogP contribution >= 0.6 is 0 Å². The molecule has 2 aliphatic rings. The first-order valence-electron chi connectivity index (χ1n) is 13.6. The summed E-state index contributed by atoms with van der Waals surface area (Å²) in [6.45, 7) is 17.1. The highest BCUT2D eigenvalue weighted by molar-refractivity contribution is 6.07. The molecule has 0 aliphatic carbocycles. The van der Waals surface area contributed by atoms with Gasteiger partial charge in [-0.15, -0.1) is 0 Å². The summed E-state index contributed by atoms with van der Waals surface area (Å²) in [6.07, 6.45) is 2.65. The fourth-order valence-electron chi connectivity index (χ4n) is 6.23. The van der Waals surface area contributed by atoms with Gasteiger partial charge < -0.3 is 19.9 Å². The second kappa shape index (κ2) is 10.8. The minimum absolute atomic E-state index is 0.135. The number of phenolic OH excluding ortho intramolecular Hbond substituents is 1. The number of rotatable bonds is 9. The maximum atomic E-state index is 13.4. The first kappa shape index (κ1) is 29.7. The number of phenols is 1. The lowest BCUT2D eigenvalue weighted by Crippen LogP contribution is -2.70. The fourth-order valence-corrected chi connectivity index (χ4v) is 6.23. The highest BCUT2D eigenvalue weighted by Gasteiger charge is 2.60. The van der Waals surface area contributed by atoms with Crippen molar-refractivity contribution in [3.63, 3.8) is 0 Å². The van der Waals surface area contributed by atoms with Crippen LogP contribution in [0.2, 0.25) is 0 Å². The topological polar surface area (TPSA) is 108 Å².